The topological polar surface area (TPSA) is 63.3 Å². The summed E-state index contributed by atoms with van der Waals surface area (Å²) in [6.45, 7) is 8.97. The van der Waals surface area contributed by atoms with Crippen LogP contribution >= 0.6 is 0 Å². The van der Waals surface area contributed by atoms with E-state index in [1.54, 1.807) is 0 Å². The summed E-state index contributed by atoms with van der Waals surface area (Å²) in [6.07, 6.45) is 0. The minimum atomic E-state index is 0.0972. The third-order valence-electron chi connectivity index (χ3n) is 0.129. The summed E-state index contributed by atoms with van der Waals surface area (Å²) in [5, 5.41) is 7.75. The maximum absolute atomic E-state index is 8.00. The highest BCUT2D eigenvalue weighted by Gasteiger charge is 1.68. The molecule has 0 aliphatic heterocycles. The molecule has 3 heteroatoms. The van der Waals surface area contributed by atoms with Gasteiger partial charge in [0.2, 0.25) is 0 Å². The normalized spacial score (nSPS) is 7.00. The van der Waals surface area contributed by atoms with Crippen molar-refractivity contribution in [3.05, 3.63) is 0 Å². The van der Waals surface area contributed by atoms with Crippen LogP contribution in [0.4, 0.5) is 0 Å². The smallest absolute Gasteiger partial charge is 0.106 e. The fourth-order valence-corrected chi connectivity index (χ4v) is 0. The van der Waals surface area contributed by atoms with E-state index in [9.17, 15) is 0 Å². The molecule has 3 N–H and O–H groups in total. The first kappa shape index (κ1) is 16.3. The van der Waals surface area contributed by atoms with Crippen LogP contribution in [0.15, 0.2) is 0 Å². The summed E-state index contributed by atoms with van der Waals surface area (Å²) in [5.74, 6) is 0.833. The average Bonchev–Trinajstić information content (AvgIpc) is 1.91. The maximum atomic E-state index is 8.00. The molecule has 0 spiro atoms. The molecule has 64 valence electrons. The third kappa shape index (κ3) is 947. The van der Waals surface area contributed by atoms with E-state index in [-0.39, 0.29) is 6.61 Å². The molecule has 0 aliphatic carbocycles. The molecule has 0 atom stereocenters. The highest BCUT2D eigenvalue weighted by atomic mass is 16.3. The zero-order valence-electron chi connectivity index (χ0n) is 7.13. The van der Waals surface area contributed by atoms with Gasteiger partial charge in [-0.15, -0.1) is 0 Å². The van der Waals surface area contributed by atoms with Gasteiger partial charge in [-0.2, -0.15) is 0 Å². The molecule has 0 amide bonds. The highest BCUT2D eigenvalue weighted by molar-refractivity contribution is 5.10. The van der Waals surface area contributed by atoms with Gasteiger partial charge < -0.3 is 15.6 Å². The summed E-state index contributed by atoms with van der Waals surface area (Å²) in [7, 11) is 0. The maximum Gasteiger partial charge on any atom is 0.106 e. The molecule has 3 nitrogen and oxygen atoms in total. The van der Waals surface area contributed by atoms with Gasteiger partial charge in [0.1, 0.15) is 6.79 Å². The molecule has 0 radical (unpaired) electrons. The van der Waals surface area contributed by atoms with Crippen molar-refractivity contribution >= 4 is 6.79 Å². The van der Waals surface area contributed by atoms with Gasteiger partial charge in [-0.1, -0.05) is 20.8 Å². The third-order valence-corrected chi connectivity index (χ3v) is 0.129. The van der Waals surface area contributed by atoms with E-state index >= 15 is 0 Å². The molecule has 0 aromatic rings. The van der Waals surface area contributed by atoms with Gasteiger partial charge in [-0.05, 0) is 5.92 Å². The van der Waals surface area contributed by atoms with Crippen molar-refractivity contribution in [1.82, 2.24) is 0 Å². The molecule has 0 saturated heterocycles. The van der Waals surface area contributed by atoms with Crippen LogP contribution in [-0.4, -0.2) is 25.0 Å². The number of aliphatic hydroxyl groups is 1. The fraction of sp³-hybridized carbons (Fsp3) is 0.857. The lowest BCUT2D eigenvalue weighted by atomic mass is 10.3. The number of carbonyl (C=O) groups is 1. The average molecular weight is 149 g/mol. The molecule has 0 rings (SSSR count). The molecule has 0 aromatic heterocycles. The Balaban J connectivity index is -0.0000000787. The summed E-state index contributed by atoms with van der Waals surface area (Å²) in [6, 6.07) is 0. The van der Waals surface area contributed by atoms with E-state index in [4.69, 9.17) is 15.6 Å². The zero-order chi connectivity index (χ0) is 8.99. The van der Waals surface area contributed by atoms with Crippen molar-refractivity contribution in [3.63, 3.8) is 0 Å². The Bertz CT molecular complexity index is 35.8. The molecular formula is C7H19NO2. The van der Waals surface area contributed by atoms with Gasteiger partial charge in [-0.3, -0.25) is 0 Å². The van der Waals surface area contributed by atoms with E-state index in [0.29, 0.717) is 6.54 Å². The predicted octanol–water partition coefficient (Wildman–Crippen LogP) is 0.415. The molecule has 0 saturated carbocycles. The second kappa shape index (κ2) is 23.5. The van der Waals surface area contributed by atoms with Crippen LogP contribution in [0, 0.1) is 5.92 Å². The van der Waals surface area contributed by atoms with Crippen LogP contribution in [0.2, 0.25) is 0 Å². The van der Waals surface area contributed by atoms with Crippen molar-refractivity contribution in [3.8, 4) is 0 Å². The lowest BCUT2D eigenvalue weighted by Gasteiger charge is -1.79. The first-order valence-electron chi connectivity index (χ1n) is 3.25. The minimum Gasteiger partial charge on any atom is -0.395 e. The van der Waals surface area contributed by atoms with E-state index < -0.39 is 0 Å². The number of rotatable bonds is 1. The summed E-state index contributed by atoms with van der Waals surface area (Å²) < 4.78 is 0. The van der Waals surface area contributed by atoms with Crippen molar-refractivity contribution in [2.75, 3.05) is 13.2 Å². The van der Waals surface area contributed by atoms with E-state index in [1.165, 1.54) is 0 Å². The first-order chi connectivity index (χ1) is 4.65. The molecule has 0 unspecified atom stereocenters. The van der Waals surface area contributed by atoms with Gasteiger partial charge >= 0.3 is 0 Å². The minimum absolute atomic E-state index is 0.0972. The predicted molar refractivity (Wildman–Crippen MR) is 43.8 cm³/mol. The molecule has 0 fully saturated rings. The SMILES string of the molecule is C=O.CC(C)C.NCCO. The van der Waals surface area contributed by atoms with Gasteiger partial charge in [0.15, 0.2) is 0 Å². The van der Waals surface area contributed by atoms with Crippen LogP contribution in [0.1, 0.15) is 20.8 Å². The summed E-state index contributed by atoms with van der Waals surface area (Å²) in [5.41, 5.74) is 4.78. The Morgan fingerprint density at radius 2 is 1.50 bits per heavy atom. The summed E-state index contributed by atoms with van der Waals surface area (Å²) in [4.78, 5) is 8.00. The van der Waals surface area contributed by atoms with Crippen LogP contribution < -0.4 is 5.73 Å². The molecule has 0 heterocycles. The van der Waals surface area contributed by atoms with Crippen LogP contribution in [0.25, 0.3) is 0 Å². The Labute approximate surface area is 63.2 Å². The molecule has 0 aliphatic rings. The van der Waals surface area contributed by atoms with Crippen LogP contribution in [0.5, 0.6) is 0 Å². The zero-order valence-corrected chi connectivity index (χ0v) is 7.13. The van der Waals surface area contributed by atoms with E-state index in [0.717, 1.165) is 5.92 Å². The number of nitrogens with two attached hydrogens (primary N) is 1. The van der Waals surface area contributed by atoms with Gasteiger partial charge in [0, 0.05) is 6.54 Å². The monoisotopic (exact) mass is 149 g/mol. The molecular weight excluding hydrogens is 130 g/mol. The Morgan fingerprint density at radius 1 is 1.40 bits per heavy atom. The Hall–Kier alpha value is -0.410. The highest BCUT2D eigenvalue weighted by Crippen LogP contribution is 1.81. The number of hydrogen-bond acceptors (Lipinski definition) is 3. The lowest BCUT2D eigenvalue weighted by molar-refractivity contribution is -0.0979. The first-order valence-corrected chi connectivity index (χ1v) is 3.25. The van der Waals surface area contributed by atoms with Gasteiger partial charge in [-0.25, -0.2) is 0 Å². The largest absolute Gasteiger partial charge is 0.395 e. The lowest BCUT2D eigenvalue weighted by Crippen LogP contribution is -2.02. The number of hydrogen-bond donors (Lipinski definition) is 2. The van der Waals surface area contributed by atoms with Crippen molar-refractivity contribution in [2.45, 2.75) is 20.8 Å². The molecule has 0 bridgehead atoms. The Kier molecular flexibility index (Phi) is 38.3. The van der Waals surface area contributed by atoms with E-state index in [2.05, 4.69) is 20.8 Å². The quantitative estimate of drug-likeness (QED) is 0.567. The van der Waals surface area contributed by atoms with E-state index in [1.807, 2.05) is 6.79 Å². The van der Waals surface area contributed by atoms with Gasteiger partial charge in [0.05, 0.1) is 6.61 Å². The van der Waals surface area contributed by atoms with Crippen LogP contribution in [0.3, 0.4) is 0 Å². The van der Waals surface area contributed by atoms with Crippen molar-refractivity contribution in [1.29, 1.82) is 0 Å². The van der Waals surface area contributed by atoms with Crippen molar-refractivity contribution < 1.29 is 9.90 Å². The fourth-order valence-electron chi connectivity index (χ4n) is 0. The molecule has 0 aromatic carbocycles. The molecule has 10 heavy (non-hydrogen) atoms. The van der Waals surface area contributed by atoms with Crippen molar-refractivity contribution in [2.24, 2.45) is 11.7 Å². The standard InChI is InChI=1S/C4H10.C2H7NO.CH2O/c1-4(2)3;3-1-2-4;1-2/h4H,1-3H3;4H,1-3H2;1H2. The second-order valence-electron chi connectivity index (χ2n) is 2.24. The van der Waals surface area contributed by atoms with Gasteiger partial charge in [0.25, 0.3) is 0 Å². The summed E-state index contributed by atoms with van der Waals surface area (Å²) >= 11 is 0. The Morgan fingerprint density at radius 3 is 1.50 bits per heavy atom. The number of carbonyl (C=O) groups excluding carboxylic acids is 1. The second-order valence-corrected chi connectivity index (χ2v) is 2.24. The van der Waals surface area contributed by atoms with Crippen LogP contribution in [-0.2, 0) is 4.79 Å². The number of aliphatic hydroxyl groups excluding tert-OH is 1.